The molecular weight excluding hydrogens is 504 g/mol. The topological polar surface area (TPSA) is 30.9 Å². The van der Waals surface area contributed by atoms with Crippen molar-refractivity contribution in [1.82, 2.24) is 4.57 Å². The van der Waals surface area contributed by atoms with Crippen LogP contribution in [0.4, 0.5) is 5.69 Å². The van der Waals surface area contributed by atoms with Crippen molar-refractivity contribution >= 4 is 56.8 Å². The van der Waals surface area contributed by atoms with E-state index >= 15 is 0 Å². The summed E-state index contributed by atoms with van der Waals surface area (Å²) in [6, 6.07) is 41.8. The average molecular weight is 535 g/mol. The van der Waals surface area contributed by atoms with Crippen molar-refractivity contribution in [2.24, 2.45) is 0 Å². The minimum absolute atomic E-state index is 0.755. The number of hydrogen-bond acceptors (Lipinski definition) is 2. The highest BCUT2D eigenvalue weighted by atomic mass is 32.1. The van der Waals surface area contributed by atoms with E-state index in [1.165, 1.54) is 16.5 Å². The van der Waals surface area contributed by atoms with Crippen molar-refractivity contribution in [2.75, 3.05) is 5.73 Å². The molecule has 0 amide bonds. The predicted octanol–water partition coefficient (Wildman–Crippen LogP) is 9.85. The molecule has 0 radical (unpaired) electrons. The summed E-state index contributed by atoms with van der Waals surface area (Å²) in [5.41, 5.74) is 16.8. The summed E-state index contributed by atoms with van der Waals surface area (Å²) in [7, 11) is 0. The average Bonchev–Trinajstić information content (AvgIpc) is 3.31. The van der Waals surface area contributed by atoms with Gasteiger partial charge in [0.1, 0.15) is 0 Å². The van der Waals surface area contributed by atoms with Crippen LogP contribution in [0.3, 0.4) is 0 Å². The van der Waals surface area contributed by atoms with E-state index in [4.69, 9.17) is 18.4 Å². The zero-order valence-electron chi connectivity index (χ0n) is 22.4. The lowest BCUT2D eigenvalue weighted by molar-refractivity contribution is 1.16. The summed E-state index contributed by atoms with van der Waals surface area (Å²) in [6.45, 7) is 6.56. The fourth-order valence-electron chi connectivity index (χ4n) is 5.31. The Bertz CT molecular complexity index is 1930. The second-order valence-corrected chi connectivity index (χ2v) is 10.6. The van der Waals surface area contributed by atoms with Crippen molar-refractivity contribution in [3.8, 4) is 5.69 Å². The van der Waals surface area contributed by atoms with Gasteiger partial charge in [0.15, 0.2) is 0 Å². The third kappa shape index (κ3) is 5.00. The predicted molar refractivity (Wildman–Crippen MR) is 176 cm³/mol. The quantitative estimate of drug-likeness (QED) is 0.124. The van der Waals surface area contributed by atoms with Crippen LogP contribution in [0.15, 0.2) is 145 Å². The van der Waals surface area contributed by atoms with Crippen LogP contribution >= 0.6 is 12.6 Å². The molecule has 6 rings (SSSR count). The van der Waals surface area contributed by atoms with Gasteiger partial charge in [-0.05, 0) is 88.9 Å². The molecule has 1 aromatic heterocycles. The van der Waals surface area contributed by atoms with Crippen LogP contribution in [-0.2, 0) is 0 Å². The summed E-state index contributed by atoms with van der Waals surface area (Å²) in [5.74, 6) is 0. The maximum absolute atomic E-state index is 6.20. The number of thiol groups is 1. The lowest BCUT2D eigenvalue weighted by Crippen LogP contribution is -1.96. The van der Waals surface area contributed by atoms with E-state index in [0.29, 0.717) is 0 Å². The van der Waals surface area contributed by atoms with Crippen LogP contribution in [0.25, 0.3) is 44.2 Å². The first-order valence-corrected chi connectivity index (χ1v) is 13.8. The van der Waals surface area contributed by atoms with Gasteiger partial charge in [0.05, 0.1) is 11.0 Å². The van der Waals surface area contributed by atoms with Crippen molar-refractivity contribution in [1.29, 1.82) is 0 Å². The van der Waals surface area contributed by atoms with Crippen LogP contribution in [-0.4, -0.2) is 4.57 Å². The summed E-state index contributed by atoms with van der Waals surface area (Å²) in [4.78, 5) is 0.885. The molecular formula is C37H30N2S. The number of aromatic nitrogens is 1. The summed E-state index contributed by atoms with van der Waals surface area (Å²) < 4.78 is 2.30. The number of nitrogen functional groups attached to an aromatic ring is 1. The highest BCUT2D eigenvalue weighted by Crippen LogP contribution is 2.35. The smallest absolute Gasteiger partial charge is 0.0542 e. The summed E-state index contributed by atoms with van der Waals surface area (Å²) in [5, 5.41) is 2.30. The number of anilines is 1. The number of benzene rings is 5. The molecule has 3 heteroatoms. The maximum Gasteiger partial charge on any atom is 0.0542 e. The van der Waals surface area contributed by atoms with Crippen LogP contribution in [0.5, 0.6) is 0 Å². The van der Waals surface area contributed by atoms with E-state index in [0.717, 1.165) is 55.0 Å². The first-order chi connectivity index (χ1) is 19.5. The highest BCUT2D eigenvalue weighted by Gasteiger charge is 2.14. The lowest BCUT2D eigenvalue weighted by atomic mass is 9.96. The Kier molecular flexibility index (Phi) is 6.90. The Morgan fingerprint density at radius 1 is 0.675 bits per heavy atom. The second-order valence-electron chi connectivity index (χ2n) is 10.1. The largest absolute Gasteiger partial charge is 0.399 e. The minimum Gasteiger partial charge on any atom is -0.399 e. The number of hydrogen-bond donors (Lipinski definition) is 2. The SMILES string of the molecule is C=C(/C=C(\C=C(/C)c1ccccc1)c1cc(S)cc(-n2c3ccccc3c3cc(N)ccc32)c1)c1ccccc1. The molecule has 40 heavy (non-hydrogen) atoms. The Morgan fingerprint density at radius 2 is 1.32 bits per heavy atom. The summed E-state index contributed by atoms with van der Waals surface area (Å²) in [6.07, 6.45) is 4.41. The normalized spacial score (nSPS) is 12.2. The van der Waals surface area contributed by atoms with Crippen molar-refractivity contribution in [2.45, 2.75) is 11.8 Å². The number of para-hydroxylation sites is 1. The Labute approximate surface area is 240 Å². The molecule has 0 spiro atoms. The molecule has 0 bridgehead atoms. The van der Waals surface area contributed by atoms with Crippen LogP contribution in [0.1, 0.15) is 23.6 Å². The lowest BCUT2D eigenvalue weighted by Gasteiger charge is -2.14. The first-order valence-electron chi connectivity index (χ1n) is 13.3. The third-order valence-corrected chi connectivity index (χ3v) is 7.52. The summed E-state index contributed by atoms with van der Waals surface area (Å²) >= 11 is 4.87. The zero-order chi connectivity index (χ0) is 27.6. The Hall–Kier alpha value is -4.73. The number of nitrogens with zero attached hydrogens (tertiary/aromatic N) is 1. The van der Waals surface area contributed by atoms with Gasteiger partial charge >= 0.3 is 0 Å². The Balaban J connectivity index is 1.56. The third-order valence-electron chi connectivity index (χ3n) is 7.27. The highest BCUT2D eigenvalue weighted by molar-refractivity contribution is 7.80. The van der Waals surface area contributed by atoms with Crippen molar-refractivity contribution < 1.29 is 0 Å². The van der Waals surface area contributed by atoms with Gasteiger partial charge in [0.25, 0.3) is 0 Å². The van der Waals surface area contributed by atoms with Gasteiger partial charge < -0.3 is 10.3 Å². The molecule has 0 atom stereocenters. The van der Waals surface area contributed by atoms with E-state index < -0.39 is 0 Å². The number of allylic oxidation sites excluding steroid dienone is 5. The fourth-order valence-corrected chi connectivity index (χ4v) is 5.58. The van der Waals surface area contributed by atoms with Gasteiger partial charge in [-0.15, -0.1) is 12.6 Å². The number of fused-ring (bicyclic) bond motifs is 3. The van der Waals surface area contributed by atoms with Crippen LogP contribution < -0.4 is 5.73 Å². The van der Waals surface area contributed by atoms with Crippen molar-refractivity contribution in [3.05, 3.63) is 157 Å². The van der Waals surface area contributed by atoms with Gasteiger partial charge in [-0.2, -0.15) is 0 Å². The zero-order valence-corrected chi connectivity index (χ0v) is 23.3. The van der Waals surface area contributed by atoms with Gasteiger partial charge in [-0.25, -0.2) is 0 Å². The van der Waals surface area contributed by atoms with Gasteiger partial charge in [0.2, 0.25) is 0 Å². The number of rotatable bonds is 6. The fraction of sp³-hybridized carbons (Fsp3) is 0.0270. The van der Waals surface area contributed by atoms with Crippen LogP contribution in [0, 0.1) is 0 Å². The molecule has 0 saturated carbocycles. The van der Waals surface area contributed by atoms with Crippen LogP contribution in [0.2, 0.25) is 0 Å². The molecule has 2 nitrogen and oxygen atoms in total. The molecule has 0 aliphatic carbocycles. The van der Waals surface area contributed by atoms with E-state index in [2.05, 4.69) is 121 Å². The maximum atomic E-state index is 6.20. The van der Waals surface area contributed by atoms with Gasteiger partial charge in [-0.3, -0.25) is 0 Å². The molecule has 5 aromatic carbocycles. The molecule has 0 fully saturated rings. The van der Waals surface area contributed by atoms with Gasteiger partial charge in [0, 0.05) is 27.0 Å². The molecule has 0 saturated heterocycles. The monoisotopic (exact) mass is 534 g/mol. The number of nitrogens with two attached hydrogens (primary N) is 1. The van der Waals surface area contributed by atoms with E-state index in [1.807, 2.05) is 30.3 Å². The first kappa shape index (κ1) is 25.5. The molecule has 2 N–H and O–H groups in total. The van der Waals surface area contributed by atoms with Crippen molar-refractivity contribution in [3.63, 3.8) is 0 Å². The van der Waals surface area contributed by atoms with E-state index in [9.17, 15) is 0 Å². The van der Waals surface area contributed by atoms with E-state index in [-0.39, 0.29) is 0 Å². The Morgan fingerprint density at radius 3 is 2.08 bits per heavy atom. The van der Waals surface area contributed by atoms with Gasteiger partial charge in [-0.1, -0.05) is 91.5 Å². The minimum atomic E-state index is 0.755. The second kappa shape index (κ2) is 10.8. The molecule has 0 aliphatic heterocycles. The molecule has 194 valence electrons. The standard InChI is InChI=1S/C37H30N2S/c1-25(27-11-5-3-6-12-27)19-29(20-26(2)28-13-7-4-8-14-28)30-21-32(24-33(40)22-30)39-36-16-10-9-15-34(36)35-23-31(38)17-18-37(35)39/h3-24,40H,1,38H2,2H3/b26-20+,29-19+. The molecule has 0 unspecified atom stereocenters. The van der Waals surface area contributed by atoms with E-state index in [1.54, 1.807) is 0 Å². The molecule has 1 heterocycles. The molecule has 6 aromatic rings. The molecule has 0 aliphatic rings.